The fraction of sp³-hybridized carbons (Fsp3) is 0.625. The molecule has 23 heavy (non-hydrogen) atoms. The monoisotopic (exact) mass is 330 g/mol. The largest absolute Gasteiger partial charge is 0.465 e. The number of ether oxygens (including phenoxy) is 1. The number of rotatable bonds is 5. The van der Waals surface area contributed by atoms with Crippen molar-refractivity contribution >= 4 is 11.6 Å². The standard InChI is InChI=1S/C16H21F3N2O2/c1-4-15(5-2)8-9-21(14(15)22)12-6-7-13(20-10-12)23-11(3)16(17,18)19/h6-7,10-11H,4-5,8-9H2,1-3H3/t11-/m0/s1. The van der Waals surface area contributed by atoms with Gasteiger partial charge < -0.3 is 9.64 Å². The summed E-state index contributed by atoms with van der Waals surface area (Å²) in [5.41, 5.74) is 0.255. The molecule has 1 saturated heterocycles. The lowest BCUT2D eigenvalue weighted by molar-refractivity contribution is -0.189. The molecule has 0 bridgehead atoms. The number of hydrogen-bond acceptors (Lipinski definition) is 3. The molecule has 0 aromatic carbocycles. The maximum Gasteiger partial charge on any atom is 0.425 e. The Hall–Kier alpha value is -1.79. The lowest BCUT2D eigenvalue weighted by atomic mass is 9.81. The van der Waals surface area contributed by atoms with Gasteiger partial charge in [-0.3, -0.25) is 4.79 Å². The molecule has 1 aliphatic heterocycles. The van der Waals surface area contributed by atoms with Crippen molar-refractivity contribution in [1.82, 2.24) is 4.98 Å². The molecule has 4 nitrogen and oxygen atoms in total. The number of aromatic nitrogens is 1. The highest BCUT2D eigenvalue weighted by Crippen LogP contribution is 2.40. The van der Waals surface area contributed by atoms with Gasteiger partial charge in [0, 0.05) is 12.6 Å². The van der Waals surface area contributed by atoms with Gasteiger partial charge in [-0.15, -0.1) is 0 Å². The van der Waals surface area contributed by atoms with Gasteiger partial charge in [-0.05, 0) is 32.3 Å². The van der Waals surface area contributed by atoms with Gasteiger partial charge in [-0.2, -0.15) is 13.2 Å². The number of hydrogen-bond donors (Lipinski definition) is 0. The number of carbonyl (C=O) groups excluding carboxylic acids is 1. The van der Waals surface area contributed by atoms with Crippen molar-refractivity contribution in [2.24, 2.45) is 5.41 Å². The first kappa shape index (κ1) is 17.6. The second-order valence-corrected chi connectivity index (χ2v) is 5.85. The highest BCUT2D eigenvalue weighted by atomic mass is 19.4. The van der Waals surface area contributed by atoms with Gasteiger partial charge in [0.25, 0.3) is 0 Å². The first-order valence-electron chi connectivity index (χ1n) is 7.75. The molecule has 7 heteroatoms. The summed E-state index contributed by atoms with van der Waals surface area (Å²) < 4.78 is 42.2. The SMILES string of the molecule is CCC1(CC)CCN(c2ccc(O[C@@H](C)C(F)(F)F)nc2)C1=O. The van der Waals surface area contributed by atoms with Crippen LogP contribution in [0.5, 0.6) is 5.88 Å². The van der Waals surface area contributed by atoms with Crippen molar-refractivity contribution < 1.29 is 22.7 Å². The van der Waals surface area contributed by atoms with Crippen molar-refractivity contribution in [2.75, 3.05) is 11.4 Å². The molecule has 2 rings (SSSR count). The predicted octanol–water partition coefficient (Wildman–Crippen LogP) is 3.95. The Morgan fingerprint density at radius 2 is 2.00 bits per heavy atom. The normalized spacial score (nSPS) is 19.0. The van der Waals surface area contributed by atoms with E-state index in [1.54, 1.807) is 11.0 Å². The highest BCUT2D eigenvalue weighted by molar-refractivity contribution is 5.99. The Kier molecular flexibility index (Phi) is 4.87. The minimum Gasteiger partial charge on any atom is -0.465 e. The summed E-state index contributed by atoms with van der Waals surface area (Å²) in [4.78, 5) is 18.1. The topological polar surface area (TPSA) is 42.4 Å². The van der Waals surface area contributed by atoms with E-state index < -0.39 is 12.3 Å². The number of halogens is 3. The van der Waals surface area contributed by atoms with Gasteiger partial charge >= 0.3 is 6.18 Å². The van der Waals surface area contributed by atoms with Gasteiger partial charge in [0.1, 0.15) is 0 Å². The summed E-state index contributed by atoms with van der Waals surface area (Å²) in [6.07, 6.45) is -2.65. The molecule has 1 amide bonds. The molecule has 1 aromatic rings. The van der Waals surface area contributed by atoms with Crippen molar-refractivity contribution in [1.29, 1.82) is 0 Å². The molecule has 2 heterocycles. The van der Waals surface area contributed by atoms with Gasteiger partial charge in [0.2, 0.25) is 11.8 Å². The molecule has 0 unspecified atom stereocenters. The molecule has 0 aliphatic carbocycles. The summed E-state index contributed by atoms with van der Waals surface area (Å²) in [7, 11) is 0. The lowest BCUT2D eigenvalue weighted by Crippen LogP contribution is -2.34. The van der Waals surface area contributed by atoms with Crippen LogP contribution in [0.1, 0.15) is 40.0 Å². The zero-order chi connectivity index (χ0) is 17.3. The van der Waals surface area contributed by atoms with Gasteiger partial charge in [-0.1, -0.05) is 13.8 Å². The van der Waals surface area contributed by atoms with Crippen LogP contribution >= 0.6 is 0 Å². The van der Waals surface area contributed by atoms with Gasteiger partial charge in [0.05, 0.1) is 17.3 Å². The number of pyridine rings is 1. The van der Waals surface area contributed by atoms with E-state index >= 15 is 0 Å². The minimum absolute atomic E-state index is 0.0571. The van der Waals surface area contributed by atoms with Crippen LogP contribution in [0.3, 0.4) is 0 Å². The molecule has 1 aliphatic rings. The van der Waals surface area contributed by atoms with Crippen LogP contribution in [-0.2, 0) is 4.79 Å². The smallest absolute Gasteiger partial charge is 0.425 e. The molecule has 0 spiro atoms. The minimum atomic E-state index is -4.44. The van der Waals surface area contributed by atoms with E-state index in [0.29, 0.717) is 12.2 Å². The zero-order valence-electron chi connectivity index (χ0n) is 13.5. The average molecular weight is 330 g/mol. The molecular formula is C16H21F3N2O2. The van der Waals surface area contributed by atoms with Crippen LogP contribution in [-0.4, -0.2) is 29.7 Å². The first-order valence-corrected chi connectivity index (χ1v) is 7.75. The van der Waals surface area contributed by atoms with Crippen LogP contribution in [0, 0.1) is 5.41 Å². The summed E-state index contributed by atoms with van der Waals surface area (Å²) in [5.74, 6) is -0.0518. The summed E-state index contributed by atoms with van der Waals surface area (Å²) in [6.45, 7) is 5.52. The van der Waals surface area contributed by atoms with E-state index in [0.717, 1.165) is 26.2 Å². The molecular weight excluding hydrogens is 309 g/mol. The molecule has 0 radical (unpaired) electrons. The molecule has 128 valence electrons. The number of anilines is 1. The first-order chi connectivity index (χ1) is 10.7. The molecule has 1 aromatic heterocycles. The maximum atomic E-state index is 12.6. The summed E-state index contributed by atoms with van der Waals surface area (Å²) >= 11 is 0. The Bertz CT molecular complexity index is 553. The number of alkyl halides is 3. The second-order valence-electron chi connectivity index (χ2n) is 5.85. The highest BCUT2D eigenvalue weighted by Gasteiger charge is 2.44. The number of nitrogens with zero attached hydrogens (tertiary/aromatic N) is 2. The van der Waals surface area contributed by atoms with Crippen LogP contribution in [0.15, 0.2) is 18.3 Å². The number of amides is 1. The summed E-state index contributed by atoms with van der Waals surface area (Å²) in [6, 6.07) is 2.94. The van der Waals surface area contributed by atoms with Crippen LogP contribution in [0.2, 0.25) is 0 Å². The van der Waals surface area contributed by atoms with Crippen molar-refractivity contribution in [3.05, 3.63) is 18.3 Å². The Balaban J connectivity index is 2.10. The van der Waals surface area contributed by atoms with Crippen LogP contribution in [0.25, 0.3) is 0 Å². The van der Waals surface area contributed by atoms with E-state index in [4.69, 9.17) is 4.74 Å². The molecule has 1 atom stereocenters. The summed E-state index contributed by atoms with van der Waals surface area (Å²) in [5, 5.41) is 0. The lowest BCUT2D eigenvalue weighted by Gasteiger charge is -2.25. The van der Waals surface area contributed by atoms with E-state index in [1.807, 2.05) is 13.8 Å². The Morgan fingerprint density at radius 1 is 1.35 bits per heavy atom. The van der Waals surface area contributed by atoms with Gasteiger partial charge in [-0.25, -0.2) is 4.98 Å². The van der Waals surface area contributed by atoms with Crippen LogP contribution in [0.4, 0.5) is 18.9 Å². The zero-order valence-corrected chi connectivity index (χ0v) is 13.5. The average Bonchev–Trinajstić information content (AvgIpc) is 2.84. The Morgan fingerprint density at radius 3 is 2.43 bits per heavy atom. The quantitative estimate of drug-likeness (QED) is 0.821. The van der Waals surface area contributed by atoms with Gasteiger partial charge in [0.15, 0.2) is 6.10 Å². The third-order valence-electron chi connectivity index (χ3n) is 4.66. The van der Waals surface area contributed by atoms with Crippen molar-refractivity contribution in [2.45, 2.75) is 52.3 Å². The third-order valence-corrected chi connectivity index (χ3v) is 4.66. The fourth-order valence-corrected chi connectivity index (χ4v) is 2.82. The van der Waals surface area contributed by atoms with Crippen LogP contribution < -0.4 is 9.64 Å². The molecule has 1 fully saturated rings. The van der Waals surface area contributed by atoms with E-state index in [2.05, 4.69) is 4.98 Å². The van der Waals surface area contributed by atoms with E-state index in [9.17, 15) is 18.0 Å². The maximum absolute atomic E-state index is 12.6. The van der Waals surface area contributed by atoms with E-state index in [-0.39, 0.29) is 17.2 Å². The van der Waals surface area contributed by atoms with Crippen molar-refractivity contribution in [3.8, 4) is 5.88 Å². The predicted molar refractivity (Wildman–Crippen MR) is 80.4 cm³/mol. The third kappa shape index (κ3) is 3.43. The molecule has 0 N–H and O–H groups in total. The second kappa shape index (κ2) is 6.37. The molecule has 0 saturated carbocycles. The Labute approximate surface area is 133 Å². The fourth-order valence-electron chi connectivity index (χ4n) is 2.82. The number of carbonyl (C=O) groups is 1. The van der Waals surface area contributed by atoms with Crippen molar-refractivity contribution in [3.63, 3.8) is 0 Å². The van der Waals surface area contributed by atoms with E-state index in [1.165, 1.54) is 12.3 Å².